The Labute approximate surface area is 126 Å². The molecule has 2 rings (SSSR count). The van der Waals surface area contributed by atoms with Gasteiger partial charge in [0, 0.05) is 27.7 Å². The van der Waals surface area contributed by atoms with Crippen molar-refractivity contribution < 1.29 is 4.79 Å². The summed E-state index contributed by atoms with van der Waals surface area (Å²) in [7, 11) is 0. The molecule has 1 saturated heterocycles. The molecule has 3 nitrogen and oxygen atoms in total. The normalized spacial score (nSPS) is 24.1. The van der Waals surface area contributed by atoms with Gasteiger partial charge in [0.25, 0.3) is 5.91 Å². The molecule has 0 radical (unpaired) electrons. The van der Waals surface area contributed by atoms with Gasteiger partial charge in [0.05, 0.1) is 5.56 Å². The second-order valence-corrected chi connectivity index (χ2v) is 6.40. The van der Waals surface area contributed by atoms with E-state index in [1.807, 2.05) is 11.0 Å². The lowest BCUT2D eigenvalue weighted by Gasteiger charge is -2.35. The van der Waals surface area contributed by atoms with Crippen LogP contribution in [0.25, 0.3) is 0 Å². The predicted molar refractivity (Wildman–Crippen MR) is 81.8 cm³/mol. The number of hydrogen-bond acceptors (Lipinski definition) is 2. The van der Waals surface area contributed by atoms with E-state index < -0.39 is 0 Å². The smallest absolute Gasteiger partial charge is 0.255 e. The zero-order valence-electron chi connectivity index (χ0n) is 10.2. The molecule has 1 fully saturated rings. The van der Waals surface area contributed by atoms with Crippen molar-refractivity contribution in [3.05, 3.63) is 32.4 Å². The van der Waals surface area contributed by atoms with Crippen LogP contribution in [0.3, 0.4) is 0 Å². The van der Waals surface area contributed by atoms with Gasteiger partial charge in [-0.2, -0.15) is 0 Å². The Hall–Kier alpha value is -0.330. The van der Waals surface area contributed by atoms with E-state index >= 15 is 0 Å². The highest BCUT2D eigenvalue weighted by molar-refractivity contribution is 14.1. The van der Waals surface area contributed by atoms with E-state index in [4.69, 9.17) is 17.3 Å². The average Bonchev–Trinajstić information content (AvgIpc) is 2.35. The molecule has 5 heteroatoms. The third kappa shape index (κ3) is 2.97. The van der Waals surface area contributed by atoms with Gasteiger partial charge in [-0.25, -0.2) is 0 Å². The van der Waals surface area contributed by atoms with Crippen LogP contribution in [0, 0.1) is 9.49 Å². The minimum atomic E-state index is 0.0317. The Bertz CT molecular complexity index is 466. The number of amides is 1. The van der Waals surface area contributed by atoms with Crippen molar-refractivity contribution in [1.29, 1.82) is 0 Å². The first kappa shape index (κ1) is 14.1. The summed E-state index contributed by atoms with van der Waals surface area (Å²) in [5.41, 5.74) is 6.70. The molecule has 0 saturated carbocycles. The van der Waals surface area contributed by atoms with Gasteiger partial charge in [-0.3, -0.25) is 4.79 Å². The number of likely N-dealkylation sites (tertiary alicyclic amines) is 1. The molecule has 18 heavy (non-hydrogen) atoms. The molecule has 1 aliphatic heterocycles. The van der Waals surface area contributed by atoms with Crippen molar-refractivity contribution in [2.24, 2.45) is 11.7 Å². The summed E-state index contributed by atoms with van der Waals surface area (Å²) >= 11 is 8.11. The maximum atomic E-state index is 12.4. The number of nitrogens with zero attached hydrogens (tertiary/aromatic N) is 1. The number of hydrogen-bond donors (Lipinski definition) is 1. The van der Waals surface area contributed by atoms with Crippen molar-refractivity contribution in [3.8, 4) is 0 Å². The van der Waals surface area contributed by atoms with E-state index in [0.717, 1.165) is 16.5 Å². The van der Waals surface area contributed by atoms with E-state index in [2.05, 4.69) is 29.5 Å². The van der Waals surface area contributed by atoms with Gasteiger partial charge in [0.2, 0.25) is 0 Å². The molecule has 0 aliphatic carbocycles. The molecular formula is C13H16ClIN2O. The lowest BCUT2D eigenvalue weighted by atomic mass is 9.94. The zero-order chi connectivity index (χ0) is 13.3. The first-order chi connectivity index (χ1) is 8.49. The Balaban J connectivity index is 2.19. The van der Waals surface area contributed by atoms with E-state index in [0.29, 0.717) is 23.0 Å². The highest BCUT2D eigenvalue weighted by atomic mass is 127. The van der Waals surface area contributed by atoms with Crippen LogP contribution in [-0.2, 0) is 0 Å². The summed E-state index contributed by atoms with van der Waals surface area (Å²) in [5.74, 6) is 0.511. The molecular weight excluding hydrogens is 363 g/mol. The van der Waals surface area contributed by atoms with Crippen LogP contribution in [0.1, 0.15) is 23.7 Å². The Kier molecular flexibility index (Phi) is 4.50. The van der Waals surface area contributed by atoms with Crippen LogP contribution in [-0.4, -0.2) is 29.9 Å². The number of carbonyl (C=O) groups is 1. The Morgan fingerprint density at radius 2 is 2.28 bits per heavy atom. The third-order valence-electron chi connectivity index (χ3n) is 3.46. The monoisotopic (exact) mass is 378 g/mol. The second kappa shape index (κ2) is 5.75. The number of benzene rings is 1. The number of piperidine rings is 1. The number of halogens is 2. The van der Waals surface area contributed by atoms with Crippen LogP contribution < -0.4 is 5.73 Å². The molecule has 0 bridgehead atoms. The summed E-state index contributed by atoms with van der Waals surface area (Å²) in [6.07, 6.45) is 0.962. The van der Waals surface area contributed by atoms with Crippen LogP contribution in [0.4, 0.5) is 0 Å². The summed E-state index contributed by atoms with van der Waals surface area (Å²) in [4.78, 5) is 14.3. The molecule has 0 spiro atoms. The first-order valence-electron chi connectivity index (χ1n) is 5.99. The molecule has 1 heterocycles. The van der Waals surface area contributed by atoms with Gasteiger partial charge in [-0.15, -0.1) is 0 Å². The molecule has 1 aromatic carbocycles. The highest BCUT2D eigenvalue weighted by Gasteiger charge is 2.27. The maximum absolute atomic E-state index is 12.4. The van der Waals surface area contributed by atoms with E-state index in [1.165, 1.54) is 0 Å². The zero-order valence-corrected chi connectivity index (χ0v) is 13.1. The maximum Gasteiger partial charge on any atom is 0.255 e. The summed E-state index contributed by atoms with van der Waals surface area (Å²) in [6, 6.07) is 5.46. The topological polar surface area (TPSA) is 46.3 Å². The molecule has 98 valence electrons. The fraction of sp³-hybridized carbons (Fsp3) is 0.462. The summed E-state index contributed by atoms with van der Waals surface area (Å²) in [5, 5.41) is 0.591. The quantitative estimate of drug-likeness (QED) is 0.764. The largest absolute Gasteiger partial charge is 0.337 e. The van der Waals surface area contributed by atoms with Gasteiger partial charge >= 0.3 is 0 Å². The summed E-state index contributed by atoms with van der Waals surface area (Å²) in [6.45, 7) is 3.54. The van der Waals surface area contributed by atoms with Crippen molar-refractivity contribution in [1.82, 2.24) is 4.90 Å². The first-order valence-corrected chi connectivity index (χ1v) is 7.44. The molecule has 1 aliphatic rings. The molecule has 2 atom stereocenters. The highest BCUT2D eigenvalue weighted by Crippen LogP contribution is 2.22. The molecule has 0 aromatic heterocycles. The number of nitrogens with two attached hydrogens (primary N) is 1. The van der Waals surface area contributed by atoms with Crippen LogP contribution >= 0.6 is 34.2 Å². The predicted octanol–water partition coefficient (Wildman–Crippen LogP) is 2.75. The van der Waals surface area contributed by atoms with Gasteiger partial charge in [-0.1, -0.05) is 18.5 Å². The van der Waals surface area contributed by atoms with E-state index in [1.54, 1.807) is 12.1 Å². The Morgan fingerprint density at radius 3 is 2.94 bits per heavy atom. The molecule has 2 unspecified atom stereocenters. The van der Waals surface area contributed by atoms with Crippen molar-refractivity contribution >= 4 is 40.1 Å². The van der Waals surface area contributed by atoms with Crippen LogP contribution in [0.5, 0.6) is 0 Å². The van der Waals surface area contributed by atoms with Crippen LogP contribution in [0.2, 0.25) is 5.02 Å². The second-order valence-electron chi connectivity index (χ2n) is 4.81. The summed E-state index contributed by atoms with van der Waals surface area (Å²) < 4.78 is 0.925. The van der Waals surface area contributed by atoms with Gasteiger partial charge < -0.3 is 10.6 Å². The fourth-order valence-electron chi connectivity index (χ4n) is 2.12. The van der Waals surface area contributed by atoms with Gasteiger partial charge in [0.1, 0.15) is 0 Å². The average molecular weight is 379 g/mol. The molecule has 2 N–H and O–H groups in total. The lowest BCUT2D eigenvalue weighted by molar-refractivity contribution is 0.0671. The number of carbonyl (C=O) groups excluding carboxylic acids is 1. The minimum Gasteiger partial charge on any atom is -0.337 e. The molecule has 1 amide bonds. The SMILES string of the molecule is CC1CCN(C(=O)c2cc(Cl)ccc2I)CC1N. The van der Waals surface area contributed by atoms with Gasteiger partial charge in [0.15, 0.2) is 0 Å². The third-order valence-corrected chi connectivity index (χ3v) is 4.64. The fourth-order valence-corrected chi connectivity index (χ4v) is 2.85. The Morgan fingerprint density at radius 1 is 1.56 bits per heavy atom. The van der Waals surface area contributed by atoms with Crippen LogP contribution in [0.15, 0.2) is 18.2 Å². The number of rotatable bonds is 1. The van der Waals surface area contributed by atoms with Crippen molar-refractivity contribution in [3.63, 3.8) is 0 Å². The van der Waals surface area contributed by atoms with Crippen molar-refractivity contribution in [2.45, 2.75) is 19.4 Å². The van der Waals surface area contributed by atoms with Crippen molar-refractivity contribution in [2.75, 3.05) is 13.1 Å². The lowest BCUT2D eigenvalue weighted by Crippen LogP contribution is -2.49. The minimum absolute atomic E-state index is 0.0317. The standard InChI is InChI=1S/C13H16ClIN2O/c1-8-4-5-17(7-12(8)16)13(18)10-6-9(14)2-3-11(10)15/h2-3,6,8,12H,4-5,7,16H2,1H3. The molecule has 1 aromatic rings. The van der Waals surface area contributed by atoms with E-state index in [-0.39, 0.29) is 11.9 Å². The van der Waals surface area contributed by atoms with E-state index in [9.17, 15) is 4.79 Å². The van der Waals surface area contributed by atoms with Gasteiger partial charge in [-0.05, 0) is 53.1 Å².